The first kappa shape index (κ1) is 32.2. The summed E-state index contributed by atoms with van der Waals surface area (Å²) in [6.07, 6.45) is 8.27. The van der Waals surface area contributed by atoms with Crippen LogP contribution in [0.15, 0.2) is 0 Å². The topological polar surface area (TPSA) is 110 Å². The van der Waals surface area contributed by atoms with Crippen LogP contribution in [-0.4, -0.2) is 45.8 Å². The van der Waals surface area contributed by atoms with E-state index < -0.39 is 46.7 Å². The molecule has 0 spiro atoms. The minimum absolute atomic E-state index is 0.00582. The summed E-state index contributed by atoms with van der Waals surface area (Å²) in [5.74, 6) is -0.538. The highest BCUT2D eigenvalue weighted by Gasteiger charge is 2.71. The van der Waals surface area contributed by atoms with Crippen LogP contribution in [0.25, 0.3) is 0 Å². The van der Waals surface area contributed by atoms with Crippen LogP contribution in [0, 0.1) is 52.8 Å². The Morgan fingerprint density at radius 3 is 2.10 bits per heavy atom. The third kappa shape index (κ3) is 6.60. The number of hydrogen-bond acceptors (Lipinski definition) is 6. The van der Waals surface area contributed by atoms with Gasteiger partial charge in [-0.3, -0.25) is 14.4 Å². The number of hydrogen-bond donors (Lipinski definition) is 2. The Hall–Kier alpha value is -1.76. The maximum absolute atomic E-state index is 14.1. The zero-order valence-corrected chi connectivity index (χ0v) is 26.8. The number of Topliss-reactive ketones (excluding diaryl/α,β-unsaturated/α-hetero) is 3. The van der Waals surface area contributed by atoms with Gasteiger partial charge in [-0.15, -0.1) is 0 Å². The second kappa shape index (κ2) is 11.7. The Labute approximate surface area is 247 Å². The van der Waals surface area contributed by atoms with E-state index in [-0.39, 0.29) is 35.4 Å². The summed E-state index contributed by atoms with van der Waals surface area (Å²) in [6, 6.07) is -0.533. The molecular formula is C34H55NO6. The van der Waals surface area contributed by atoms with Crippen molar-refractivity contribution in [2.45, 2.75) is 137 Å². The first-order valence-electron chi connectivity index (χ1n) is 16.3. The third-order valence-electron chi connectivity index (χ3n) is 11.4. The molecule has 4 rings (SSSR count). The predicted molar refractivity (Wildman–Crippen MR) is 158 cm³/mol. The van der Waals surface area contributed by atoms with Crippen LogP contribution in [0.2, 0.25) is 0 Å². The number of aliphatic hydroxyl groups is 1. The number of amides is 1. The van der Waals surface area contributed by atoms with Crippen molar-refractivity contribution in [2.24, 2.45) is 52.8 Å². The van der Waals surface area contributed by atoms with Gasteiger partial charge in [0, 0.05) is 25.2 Å². The van der Waals surface area contributed by atoms with Crippen molar-refractivity contribution in [3.63, 3.8) is 0 Å². The molecule has 7 nitrogen and oxygen atoms in total. The Morgan fingerprint density at radius 2 is 1.59 bits per heavy atom. The number of ketones is 3. The molecule has 232 valence electrons. The second-order valence-corrected chi connectivity index (χ2v) is 15.8. The number of carbonyl (C=O) groups is 4. The van der Waals surface area contributed by atoms with E-state index in [0.29, 0.717) is 37.0 Å². The maximum Gasteiger partial charge on any atom is 0.407 e. The molecule has 0 saturated heterocycles. The molecule has 4 saturated carbocycles. The molecule has 41 heavy (non-hydrogen) atoms. The highest BCUT2D eigenvalue weighted by molar-refractivity contribution is 6.37. The normalized spacial score (nSPS) is 34.9. The third-order valence-corrected chi connectivity index (χ3v) is 11.4. The Bertz CT molecular complexity index is 1010. The molecule has 0 radical (unpaired) electrons. The summed E-state index contributed by atoms with van der Waals surface area (Å²) in [5.41, 5.74) is -2.00. The van der Waals surface area contributed by atoms with Gasteiger partial charge >= 0.3 is 6.09 Å². The first-order valence-corrected chi connectivity index (χ1v) is 16.3. The van der Waals surface area contributed by atoms with Crippen LogP contribution in [0.4, 0.5) is 4.79 Å². The summed E-state index contributed by atoms with van der Waals surface area (Å²) in [6.45, 7) is 14.9. The smallest absolute Gasteiger partial charge is 0.407 e. The fraction of sp³-hybridized carbons (Fsp3) is 0.882. The molecule has 4 aliphatic carbocycles. The van der Waals surface area contributed by atoms with Gasteiger partial charge in [0.15, 0.2) is 5.78 Å². The van der Waals surface area contributed by atoms with Gasteiger partial charge in [0.1, 0.15) is 11.4 Å². The van der Waals surface area contributed by atoms with E-state index in [1.807, 2.05) is 34.6 Å². The number of carbonyl (C=O) groups excluding carboxylic acids is 4. The summed E-state index contributed by atoms with van der Waals surface area (Å²) < 4.78 is 5.67. The Morgan fingerprint density at radius 1 is 1.00 bits per heavy atom. The fourth-order valence-electron chi connectivity index (χ4n) is 9.45. The number of rotatable bonds is 11. The lowest BCUT2D eigenvalue weighted by Crippen LogP contribution is -2.60. The van der Waals surface area contributed by atoms with Gasteiger partial charge in [0.25, 0.3) is 0 Å². The van der Waals surface area contributed by atoms with Crippen LogP contribution >= 0.6 is 0 Å². The Kier molecular flexibility index (Phi) is 9.20. The number of nitrogens with one attached hydrogen (secondary N) is 1. The molecule has 0 aromatic carbocycles. The predicted octanol–water partition coefficient (Wildman–Crippen LogP) is 6.29. The zero-order chi connectivity index (χ0) is 30.5. The van der Waals surface area contributed by atoms with Gasteiger partial charge in [-0.05, 0) is 94.3 Å². The van der Waals surface area contributed by atoms with Crippen molar-refractivity contribution < 1.29 is 29.0 Å². The van der Waals surface area contributed by atoms with Crippen molar-refractivity contribution in [1.82, 2.24) is 5.32 Å². The van der Waals surface area contributed by atoms with Crippen LogP contribution in [0.1, 0.15) is 120 Å². The fourth-order valence-corrected chi connectivity index (χ4v) is 9.45. The van der Waals surface area contributed by atoms with E-state index in [2.05, 4.69) is 19.2 Å². The highest BCUT2D eigenvalue weighted by Crippen LogP contribution is 2.72. The monoisotopic (exact) mass is 573 g/mol. The molecule has 1 amide bonds. The van der Waals surface area contributed by atoms with E-state index in [1.54, 1.807) is 0 Å². The summed E-state index contributed by atoms with van der Waals surface area (Å²) >= 11 is 0. The van der Waals surface area contributed by atoms with E-state index in [0.717, 1.165) is 12.8 Å². The van der Waals surface area contributed by atoms with Crippen LogP contribution in [0.3, 0.4) is 0 Å². The van der Waals surface area contributed by atoms with Gasteiger partial charge < -0.3 is 15.2 Å². The lowest BCUT2D eigenvalue weighted by atomic mass is 9.67. The van der Waals surface area contributed by atoms with Gasteiger partial charge in [-0.25, -0.2) is 4.79 Å². The minimum atomic E-state index is -1.33. The van der Waals surface area contributed by atoms with Crippen molar-refractivity contribution in [3.8, 4) is 0 Å². The Balaban J connectivity index is 1.63. The zero-order valence-electron chi connectivity index (χ0n) is 26.8. The summed E-state index contributed by atoms with van der Waals surface area (Å²) in [5, 5.41) is 15.7. The number of fused-ring (bicyclic) bond motifs is 2. The van der Waals surface area contributed by atoms with Gasteiger partial charge in [-0.1, -0.05) is 52.9 Å². The molecule has 9 atom stereocenters. The summed E-state index contributed by atoms with van der Waals surface area (Å²) in [4.78, 5) is 51.9. The van der Waals surface area contributed by atoms with E-state index in [4.69, 9.17) is 4.74 Å². The average molecular weight is 574 g/mol. The first-order chi connectivity index (χ1) is 19.0. The molecule has 7 heteroatoms. The molecule has 4 aliphatic rings. The highest BCUT2D eigenvalue weighted by atomic mass is 16.6. The molecule has 0 aliphatic heterocycles. The maximum atomic E-state index is 14.1. The van der Waals surface area contributed by atoms with Gasteiger partial charge in [-0.2, -0.15) is 0 Å². The molecule has 0 aromatic rings. The molecule has 0 bridgehead atoms. The largest absolute Gasteiger partial charge is 0.444 e. The molecule has 0 heterocycles. The molecular weight excluding hydrogens is 518 g/mol. The molecule has 9 unspecified atom stereocenters. The lowest BCUT2D eigenvalue weighted by molar-refractivity contribution is -0.141. The molecule has 0 aromatic heterocycles. The van der Waals surface area contributed by atoms with Crippen molar-refractivity contribution in [2.75, 3.05) is 0 Å². The van der Waals surface area contributed by atoms with Crippen molar-refractivity contribution in [3.05, 3.63) is 0 Å². The number of alkyl carbamates (subject to hydrolysis) is 1. The van der Waals surface area contributed by atoms with E-state index in [1.165, 1.54) is 32.6 Å². The second-order valence-electron chi connectivity index (χ2n) is 15.8. The standard InChI is InChI=1S/C34H55NO6/c1-9-12-22(29(38)19(2)36)17-26(37)27-24(18-25-28(27)33(25,6)7)34(8,40)30(35-31(39)41-32(3,4)5)23-15-20-13-10-11-14-21(20)16-23/h20-25,27-28,30,40H,9-18H2,1-8H3,(H,35,39). The van der Waals surface area contributed by atoms with Gasteiger partial charge in [0.05, 0.1) is 11.6 Å². The SMILES string of the molecule is CCCC(CC(=O)C1C2C(CC1C(C)(O)C(NC(=O)OC(C)(C)C)C1CC3CCCCC3C1)C2(C)C)C(=O)C(C)=O. The lowest BCUT2D eigenvalue weighted by Gasteiger charge is -2.45. The quantitative estimate of drug-likeness (QED) is 0.281. The summed E-state index contributed by atoms with van der Waals surface area (Å²) in [7, 11) is 0. The molecule has 4 fully saturated rings. The number of ether oxygens (including phenoxy) is 1. The minimum Gasteiger partial charge on any atom is -0.444 e. The molecule has 2 N–H and O–H groups in total. The van der Waals surface area contributed by atoms with E-state index in [9.17, 15) is 24.3 Å². The van der Waals surface area contributed by atoms with Crippen LogP contribution in [-0.2, 0) is 19.1 Å². The van der Waals surface area contributed by atoms with Crippen LogP contribution < -0.4 is 5.32 Å². The van der Waals surface area contributed by atoms with Crippen LogP contribution in [0.5, 0.6) is 0 Å². The average Bonchev–Trinajstić information content (AvgIpc) is 3.24. The van der Waals surface area contributed by atoms with Crippen molar-refractivity contribution in [1.29, 1.82) is 0 Å². The van der Waals surface area contributed by atoms with Crippen molar-refractivity contribution >= 4 is 23.4 Å². The van der Waals surface area contributed by atoms with Gasteiger partial charge in [0.2, 0.25) is 5.78 Å². The van der Waals surface area contributed by atoms with E-state index >= 15 is 0 Å².